The lowest BCUT2D eigenvalue weighted by molar-refractivity contribution is -0.366. The fourth-order valence-corrected chi connectivity index (χ4v) is 23.2. The van der Waals surface area contributed by atoms with Gasteiger partial charge >= 0.3 is 5.97 Å². The molecule has 22 heteroatoms. The number of carboxylic acid groups (broad SMARTS) is 1. The second-order valence-corrected chi connectivity index (χ2v) is 29.9. The van der Waals surface area contributed by atoms with Crippen molar-refractivity contribution in [3.8, 4) is 11.8 Å². The van der Waals surface area contributed by atoms with Crippen LogP contribution >= 0.6 is 0 Å². The van der Waals surface area contributed by atoms with Gasteiger partial charge in [0.25, 0.3) is 0 Å². The van der Waals surface area contributed by atoms with E-state index in [1.165, 1.54) is 6.33 Å². The van der Waals surface area contributed by atoms with Crippen LogP contribution in [0.25, 0.3) is 0 Å². The summed E-state index contributed by atoms with van der Waals surface area (Å²) in [6.07, 6.45) is 2.68. The second-order valence-electron chi connectivity index (χ2n) is 29.9. The molecule has 17 N–H and O–H groups in total. The first kappa shape index (κ1) is 60.8. The summed E-state index contributed by atoms with van der Waals surface area (Å²) < 4.78 is 13.0. The van der Waals surface area contributed by atoms with Gasteiger partial charge in [0.2, 0.25) is 5.91 Å². The standard InChI is InChI=1S/C64H95N9O13/c1-57(28-74)16-17-62(56(83)84)39(23-57)35-20-33-10-9-32-8-6-12-61(32)37(46(73-55(61)82)45(42-26-68-30-70-42)47(77)34(52(65)81)24-67-19-18-66-5)21-38-48(78)51(86-54-50(80)49(79)43(76)27-85-54)58(2,29-75)44-11-15-59(3)63(35,13-7-14-64(33,59)60(38,44)4)36-22-41-53(72-31-71-41)69-25-40(36)62/h20,26,30-34,36-40,43-52,54,66-67,69,74-81H,6-8,11-19,21-25,27-29,65H2,1-5H3,(H,68,70)(H,71,72)(H,73,82)(H,83,84)/t32-,33+,34+,36-,37+,38-,39+,40+,43-,44-,45+,46-,47+,48-,49+,50-,51-,52+,54+,57+,58+,59+,60+,61+,62-,63+,64+/m1/s1. The quantitative estimate of drug-likeness (QED) is 0.0393. The molecule has 2 bridgehead atoms. The zero-order valence-electron chi connectivity index (χ0n) is 50.6. The molecule has 0 aromatic carbocycles. The van der Waals surface area contributed by atoms with Gasteiger partial charge in [-0.3, -0.25) is 9.59 Å². The van der Waals surface area contributed by atoms with Crippen molar-refractivity contribution in [1.29, 1.82) is 0 Å². The Bertz CT molecular complexity index is 2990. The average molecular weight is 1200 g/mol. The molecule has 27 atom stereocenters. The summed E-state index contributed by atoms with van der Waals surface area (Å²) in [6, 6.07) is -0.838. The number of nitrogens with two attached hydrogens (primary N) is 1. The van der Waals surface area contributed by atoms with Crippen LogP contribution in [0.5, 0.6) is 0 Å². The van der Waals surface area contributed by atoms with E-state index in [4.69, 9.17) is 20.2 Å². The number of nitrogens with zero attached hydrogens (tertiary/aromatic N) is 2. The number of aliphatic carboxylic acids is 1. The Balaban J connectivity index is 1.07. The molecule has 22 nitrogen and oxygen atoms in total. The Morgan fingerprint density at radius 1 is 0.919 bits per heavy atom. The third kappa shape index (κ3) is 7.97. The van der Waals surface area contributed by atoms with Gasteiger partial charge < -0.3 is 92.4 Å². The Hall–Kier alpha value is -4.06. The first-order valence-corrected chi connectivity index (χ1v) is 32.2. The molecule has 5 heterocycles. The number of nitrogens with one attached hydrogen (secondary N) is 6. The van der Waals surface area contributed by atoms with Gasteiger partial charge in [0.1, 0.15) is 30.4 Å². The summed E-state index contributed by atoms with van der Waals surface area (Å²) in [5, 5.41) is 122. The van der Waals surface area contributed by atoms with E-state index in [2.05, 4.69) is 74.9 Å². The Labute approximate surface area is 503 Å². The first-order chi connectivity index (χ1) is 41.0. The number of rotatable bonds is 15. The van der Waals surface area contributed by atoms with Crippen molar-refractivity contribution < 1.29 is 65.0 Å². The third-order valence-electron chi connectivity index (χ3n) is 27.0. The van der Waals surface area contributed by atoms with Crippen molar-refractivity contribution in [3.05, 3.63) is 41.9 Å². The molecule has 474 valence electrons. The SMILES string of the molecule is CNCCNC[C@@H]([C@H](O)[C@@H](c1cnc[nH]1)[C@@H]1NC(=O)[C@@]23CCC[C@@H]2C#C[C@H]2C=C4[C@@H]5C[C@@](C)(CO)CC[C@]5(C(=O)O)[C@H]5CNc6nc[nH]c6C[C@H]5[C@]45CCC[C@]24[C@@]2(C)[C@H](C[C@@H]13)[C@@H](O)[C@@H](O[C@@H]1OC[C@@H](O)[C@H](O)[C@H]1O)[C@@](C)(CO)[C@H]2CC[C@]45C)[C@@H](N)O. The summed E-state index contributed by atoms with van der Waals surface area (Å²) in [7, 11) is 1.83. The van der Waals surface area contributed by atoms with E-state index in [1.807, 2.05) is 14.0 Å². The lowest BCUT2D eigenvalue weighted by Crippen LogP contribution is -2.80. The number of anilines is 1. The molecule has 0 radical (unpaired) electrons. The molecule has 2 aromatic rings. The molecule has 6 saturated carbocycles. The second kappa shape index (κ2) is 21.5. The average Bonchev–Trinajstić information content (AvgIpc) is 0.680. The van der Waals surface area contributed by atoms with E-state index in [1.54, 1.807) is 12.5 Å². The van der Waals surface area contributed by atoms with Gasteiger partial charge in [-0.15, -0.1) is 0 Å². The number of aliphatic hydroxyl groups excluding tert-OH is 8. The Kier molecular flexibility index (Phi) is 15.2. The maximum atomic E-state index is 15.9. The number of H-pyrrole nitrogens is 2. The molecule has 3 spiro atoms. The number of aromatic nitrogens is 4. The number of hydrogen-bond donors (Lipinski definition) is 16. The minimum absolute atomic E-state index is 0.0945. The lowest BCUT2D eigenvalue weighted by Gasteiger charge is -2.83. The Morgan fingerprint density at radius 3 is 2.44 bits per heavy atom. The molecule has 2 saturated heterocycles. The molecule has 13 rings (SSSR count). The number of aliphatic hydroxyl groups is 8. The van der Waals surface area contributed by atoms with Crippen LogP contribution in [0.4, 0.5) is 5.82 Å². The molecule has 8 fully saturated rings. The highest BCUT2D eigenvalue weighted by Gasteiger charge is 2.84. The van der Waals surface area contributed by atoms with Crippen LogP contribution in [0.3, 0.4) is 0 Å². The molecule has 3 aliphatic heterocycles. The van der Waals surface area contributed by atoms with Crippen LogP contribution < -0.4 is 27.0 Å². The number of carbonyl (C=O) groups excluding carboxylic acids is 1. The molecular weight excluding hydrogens is 1100 g/mol. The summed E-state index contributed by atoms with van der Waals surface area (Å²) in [5.41, 5.74) is 1.61. The molecule has 86 heavy (non-hydrogen) atoms. The van der Waals surface area contributed by atoms with Crippen LogP contribution in [0.15, 0.2) is 30.5 Å². The Morgan fingerprint density at radius 2 is 1.72 bits per heavy atom. The van der Waals surface area contributed by atoms with Crippen molar-refractivity contribution in [1.82, 2.24) is 35.9 Å². The highest BCUT2D eigenvalue weighted by atomic mass is 16.7. The normalized spacial score (nSPS) is 48.4. The molecule has 1 amide bonds. The van der Waals surface area contributed by atoms with Crippen LogP contribution in [0.2, 0.25) is 0 Å². The van der Waals surface area contributed by atoms with E-state index in [0.29, 0.717) is 89.5 Å². The maximum absolute atomic E-state index is 15.9. The van der Waals surface area contributed by atoms with Crippen molar-refractivity contribution in [2.75, 3.05) is 58.4 Å². The van der Waals surface area contributed by atoms with Crippen LogP contribution in [0.1, 0.15) is 122 Å². The first-order valence-electron chi connectivity index (χ1n) is 32.2. The molecule has 2 aromatic heterocycles. The number of allylic oxidation sites excluding steroid dienone is 2. The third-order valence-corrected chi connectivity index (χ3v) is 27.0. The van der Waals surface area contributed by atoms with Gasteiger partial charge in [0.05, 0.1) is 60.7 Å². The summed E-state index contributed by atoms with van der Waals surface area (Å²) in [5.74, 6) is 1.85. The van der Waals surface area contributed by atoms with E-state index in [9.17, 15) is 50.8 Å². The van der Waals surface area contributed by atoms with Crippen LogP contribution in [0, 0.1) is 108 Å². The zero-order chi connectivity index (χ0) is 60.9. The number of ether oxygens (including phenoxy) is 2. The smallest absolute Gasteiger partial charge is 0.310 e. The molecule has 0 unspecified atom stereocenters. The van der Waals surface area contributed by atoms with Gasteiger partial charge in [-0.25, -0.2) is 9.97 Å². The predicted octanol–water partition coefficient (Wildman–Crippen LogP) is 1.32. The number of imidazole rings is 2. The number of hydrogen-bond acceptors (Lipinski definition) is 18. The highest BCUT2D eigenvalue weighted by Crippen LogP contribution is 2.87. The number of likely N-dealkylation sites (N-methyl/N-ethyl adjacent to an activating group) is 1. The van der Waals surface area contributed by atoms with Crippen LogP contribution in [-0.4, -0.2) is 186 Å². The fourth-order valence-electron chi connectivity index (χ4n) is 23.2. The summed E-state index contributed by atoms with van der Waals surface area (Å²) in [4.78, 5) is 46.8. The highest BCUT2D eigenvalue weighted by molar-refractivity contribution is 5.87. The molecular formula is C64H95N9O13. The predicted molar refractivity (Wildman–Crippen MR) is 312 cm³/mol. The van der Waals surface area contributed by atoms with E-state index in [-0.39, 0.29) is 43.9 Å². The number of fused-ring (bicyclic) bond motifs is 5. The largest absolute Gasteiger partial charge is 0.481 e. The van der Waals surface area contributed by atoms with E-state index >= 15 is 4.79 Å². The topological polar surface area (TPSA) is 366 Å². The van der Waals surface area contributed by atoms with Gasteiger partial charge in [0.15, 0.2) is 6.29 Å². The van der Waals surface area contributed by atoms with E-state index in [0.717, 1.165) is 29.9 Å². The zero-order valence-corrected chi connectivity index (χ0v) is 50.6. The molecule has 11 aliphatic rings. The number of carbonyl (C=O) groups is 2. The number of carboxylic acids is 1. The minimum atomic E-state index is -1.72. The van der Waals surface area contributed by atoms with Crippen molar-refractivity contribution in [2.45, 2.75) is 172 Å². The fraction of sp³-hybridized carbons (Fsp3) is 0.812. The van der Waals surface area contributed by atoms with Crippen LogP contribution in [-0.2, 0) is 25.5 Å². The monoisotopic (exact) mass is 1200 g/mol. The summed E-state index contributed by atoms with van der Waals surface area (Å²) in [6.45, 7) is 9.59. The van der Waals surface area contributed by atoms with Crippen molar-refractivity contribution in [3.63, 3.8) is 0 Å². The van der Waals surface area contributed by atoms with E-state index < -0.39 is 158 Å². The maximum Gasteiger partial charge on any atom is 0.310 e. The number of aromatic amines is 2. The van der Waals surface area contributed by atoms with Crippen molar-refractivity contribution >= 4 is 17.7 Å². The van der Waals surface area contributed by atoms with Gasteiger partial charge in [-0.2, -0.15) is 0 Å². The summed E-state index contributed by atoms with van der Waals surface area (Å²) >= 11 is 0. The van der Waals surface area contributed by atoms with Crippen molar-refractivity contribution in [2.24, 2.45) is 102 Å². The molecule has 8 aliphatic carbocycles. The number of amides is 1. The lowest BCUT2D eigenvalue weighted by atomic mass is 9.21. The van der Waals surface area contributed by atoms with Gasteiger partial charge in [-0.1, -0.05) is 64.0 Å². The van der Waals surface area contributed by atoms with Gasteiger partial charge in [0, 0.05) is 85.2 Å². The van der Waals surface area contributed by atoms with Gasteiger partial charge in [-0.05, 0) is 135 Å². The minimum Gasteiger partial charge on any atom is -0.481 e.